The number of hydrogen-bond acceptors (Lipinski definition) is 6. The molecule has 1 unspecified atom stereocenters. The van der Waals surface area contributed by atoms with E-state index >= 15 is 0 Å². The van der Waals surface area contributed by atoms with Gasteiger partial charge in [-0.05, 0) is 27.2 Å². The van der Waals surface area contributed by atoms with Crippen LogP contribution in [0.5, 0.6) is 0 Å². The molecule has 2 aromatic heterocycles. The Labute approximate surface area is 145 Å². The topological polar surface area (TPSA) is 94.9 Å². The lowest BCUT2D eigenvalue weighted by Crippen LogP contribution is -2.37. The summed E-state index contributed by atoms with van der Waals surface area (Å²) in [6.45, 7) is 7.61. The van der Waals surface area contributed by atoms with Gasteiger partial charge in [0.15, 0.2) is 0 Å². The Balaban J connectivity index is 1.83. The maximum Gasteiger partial charge on any atom is 0.288 e. The molecule has 0 aromatic carbocycles. The summed E-state index contributed by atoms with van der Waals surface area (Å²) in [5, 5.41) is 12.7. The van der Waals surface area contributed by atoms with Crippen molar-refractivity contribution in [2.45, 2.75) is 45.3 Å². The molecule has 0 saturated carbocycles. The minimum absolute atomic E-state index is 0.180. The Hall–Kier alpha value is -1.93. The molecule has 3 heterocycles. The van der Waals surface area contributed by atoms with Gasteiger partial charge in [-0.3, -0.25) is 4.79 Å². The fourth-order valence-corrected chi connectivity index (χ4v) is 3.13. The van der Waals surface area contributed by atoms with E-state index in [0.717, 1.165) is 18.7 Å². The second-order valence-electron chi connectivity index (χ2n) is 7.01. The van der Waals surface area contributed by atoms with Crippen molar-refractivity contribution in [3.05, 3.63) is 33.5 Å². The number of rotatable bonds is 3. The van der Waals surface area contributed by atoms with Crippen molar-refractivity contribution < 1.29 is 0 Å². The Kier molecular flexibility index (Phi) is 4.35. The molecular formula is C15H22ClN7O. The molecule has 2 N–H and O–H groups in total. The van der Waals surface area contributed by atoms with Crippen LogP contribution < -0.4 is 16.2 Å². The molecule has 0 spiro atoms. The zero-order valence-corrected chi connectivity index (χ0v) is 14.9. The van der Waals surface area contributed by atoms with Gasteiger partial charge >= 0.3 is 0 Å². The Bertz CT molecular complexity index is 792. The second kappa shape index (κ2) is 6.18. The number of hydrogen-bond donors (Lipinski definition) is 1. The molecule has 1 fully saturated rings. The molecule has 24 heavy (non-hydrogen) atoms. The van der Waals surface area contributed by atoms with Crippen molar-refractivity contribution in [3.8, 4) is 0 Å². The molecule has 1 atom stereocenters. The lowest BCUT2D eigenvalue weighted by atomic mass is 10.1. The first-order chi connectivity index (χ1) is 11.3. The van der Waals surface area contributed by atoms with Crippen LogP contribution in [0, 0.1) is 0 Å². The van der Waals surface area contributed by atoms with Crippen LogP contribution in [0.2, 0.25) is 5.02 Å². The predicted octanol–water partition coefficient (Wildman–Crippen LogP) is 1.15. The van der Waals surface area contributed by atoms with E-state index in [1.165, 1.54) is 4.68 Å². The summed E-state index contributed by atoms with van der Waals surface area (Å²) in [6.07, 6.45) is 4.43. The van der Waals surface area contributed by atoms with E-state index in [1.54, 1.807) is 6.20 Å². The van der Waals surface area contributed by atoms with Gasteiger partial charge in [0.05, 0.1) is 35.4 Å². The average Bonchev–Trinajstić information content (AvgIpc) is 3.16. The van der Waals surface area contributed by atoms with Gasteiger partial charge in [-0.1, -0.05) is 16.8 Å². The number of aromatic nitrogens is 5. The molecule has 0 radical (unpaired) electrons. The van der Waals surface area contributed by atoms with Crippen molar-refractivity contribution in [1.82, 2.24) is 24.8 Å². The lowest BCUT2D eigenvalue weighted by Gasteiger charge is -2.24. The van der Waals surface area contributed by atoms with Gasteiger partial charge in [0, 0.05) is 19.6 Å². The van der Waals surface area contributed by atoms with Gasteiger partial charge in [-0.2, -0.15) is 5.10 Å². The fourth-order valence-electron chi connectivity index (χ4n) is 2.88. The minimum atomic E-state index is -0.411. The minimum Gasteiger partial charge on any atom is -0.367 e. The summed E-state index contributed by atoms with van der Waals surface area (Å²) in [6, 6.07) is 0.180. The molecule has 0 aliphatic carbocycles. The van der Waals surface area contributed by atoms with E-state index in [2.05, 4.69) is 20.3 Å². The smallest absolute Gasteiger partial charge is 0.288 e. The van der Waals surface area contributed by atoms with E-state index in [9.17, 15) is 4.79 Å². The molecule has 130 valence electrons. The molecule has 2 aromatic rings. The number of anilines is 1. The van der Waals surface area contributed by atoms with E-state index in [4.69, 9.17) is 17.3 Å². The van der Waals surface area contributed by atoms with Crippen molar-refractivity contribution in [2.75, 3.05) is 18.0 Å². The van der Waals surface area contributed by atoms with Crippen molar-refractivity contribution >= 4 is 17.3 Å². The van der Waals surface area contributed by atoms with Gasteiger partial charge in [-0.15, -0.1) is 5.10 Å². The summed E-state index contributed by atoms with van der Waals surface area (Å²) in [7, 11) is 0. The van der Waals surface area contributed by atoms with Crippen LogP contribution in [0.1, 0.15) is 38.9 Å². The van der Waals surface area contributed by atoms with E-state index < -0.39 is 5.54 Å². The van der Waals surface area contributed by atoms with Crippen LogP contribution >= 0.6 is 11.6 Å². The highest BCUT2D eigenvalue weighted by atomic mass is 35.5. The van der Waals surface area contributed by atoms with Gasteiger partial charge in [-0.25, -0.2) is 9.36 Å². The quantitative estimate of drug-likeness (QED) is 0.891. The maximum absolute atomic E-state index is 12.5. The standard InChI is InChI=1S/C15H22ClN7O/c1-15(2,3)23-14(24)13(16)12(7-18-23)21-5-4-11(9-21)22-8-10(6-17)19-20-22/h7-8,11H,4-6,9,17H2,1-3H3. The first kappa shape index (κ1) is 16.9. The molecular weight excluding hydrogens is 330 g/mol. The van der Waals surface area contributed by atoms with Crippen LogP contribution in [0.3, 0.4) is 0 Å². The average molecular weight is 352 g/mol. The highest BCUT2D eigenvalue weighted by Gasteiger charge is 2.28. The van der Waals surface area contributed by atoms with Crippen LogP contribution in [-0.2, 0) is 12.1 Å². The summed E-state index contributed by atoms with van der Waals surface area (Å²) in [5.74, 6) is 0. The largest absolute Gasteiger partial charge is 0.367 e. The monoisotopic (exact) mass is 351 g/mol. The third-order valence-corrected chi connectivity index (χ3v) is 4.54. The molecule has 1 saturated heterocycles. The number of halogens is 1. The molecule has 9 heteroatoms. The molecule has 1 aliphatic rings. The summed E-state index contributed by atoms with van der Waals surface area (Å²) < 4.78 is 3.25. The van der Waals surface area contributed by atoms with Gasteiger partial charge in [0.2, 0.25) is 0 Å². The number of nitrogens with zero attached hydrogens (tertiary/aromatic N) is 6. The highest BCUT2D eigenvalue weighted by Crippen LogP contribution is 2.30. The maximum atomic E-state index is 12.5. The van der Waals surface area contributed by atoms with Crippen LogP contribution in [-0.4, -0.2) is 37.9 Å². The molecule has 0 bridgehead atoms. The van der Waals surface area contributed by atoms with Crippen molar-refractivity contribution in [3.63, 3.8) is 0 Å². The van der Waals surface area contributed by atoms with E-state index in [-0.39, 0.29) is 16.6 Å². The van der Waals surface area contributed by atoms with Gasteiger partial charge in [0.25, 0.3) is 5.56 Å². The van der Waals surface area contributed by atoms with Crippen LogP contribution in [0.15, 0.2) is 17.2 Å². The normalized spacial score (nSPS) is 18.4. The van der Waals surface area contributed by atoms with Gasteiger partial charge < -0.3 is 10.6 Å². The summed E-state index contributed by atoms with van der Waals surface area (Å²) >= 11 is 6.34. The predicted molar refractivity (Wildman–Crippen MR) is 92.3 cm³/mol. The van der Waals surface area contributed by atoms with E-state index in [1.807, 2.05) is 31.6 Å². The highest BCUT2D eigenvalue weighted by molar-refractivity contribution is 6.33. The van der Waals surface area contributed by atoms with Crippen molar-refractivity contribution in [2.24, 2.45) is 5.73 Å². The van der Waals surface area contributed by atoms with Crippen LogP contribution in [0.25, 0.3) is 0 Å². The Morgan fingerprint density at radius 1 is 1.42 bits per heavy atom. The number of nitrogens with two attached hydrogens (primary N) is 1. The Morgan fingerprint density at radius 3 is 2.79 bits per heavy atom. The van der Waals surface area contributed by atoms with Crippen LogP contribution in [0.4, 0.5) is 5.69 Å². The van der Waals surface area contributed by atoms with E-state index in [0.29, 0.717) is 18.8 Å². The fraction of sp³-hybridized carbons (Fsp3) is 0.600. The Morgan fingerprint density at radius 2 is 2.17 bits per heavy atom. The molecule has 0 amide bonds. The molecule has 3 rings (SSSR count). The molecule has 8 nitrogen and oxygen atoms in total. The second-order valence-corrected chi connectivity index (χ2v) is 7.39. The first-order valence-corrected chi connectivity index (χ1v) is 8.33. The zero-order valence-electron chi connectivity index (χ0n) is 14.1. The summed E-state index contributed by atoms with van der Waals surface area (Å²) in [4.78, 5) is 14.6. The lowest BCUT2D eigenvalue weighted by molar-refractivity contribution is 0.338. The SMILES string of the molecule is CC(C)(C)n1ncc(N2CCC(n3cc(CN)nn3)C2)c(Cl)c1=O. The molecule has 1 aliphatic heterocycles. The van der Waals surface area contributed by atoms with Gasteiger partial charge in [0.1, 0.15) is 5.02 Å². The summed E-state index contributed by atoms with van der Waals surface area (Å²) in [5.41, 5.74) is 6.33. The third-order valence-electron chi connectivity index (χ3n) is 4.18. The zero-order chi connectivity index (χ0) is 17.5. The third kappa shape index (κ3) is 3.03. The first-order valence-electron chi connectivity index (χ1n) is 7.95. The van der Waals surface area contributed by atoms with Crippen molar-refractivity contribution in [1.29, 1.82) is 0 Å².